The number of carboxylic acids is 1. The minimum atomic E-state index is -1.01. The molecule has 39 heavy (non-hydrogen) atoms. The fourth-order valence-corrected chi connectivity index (χ4v) is 5.24. The Bertz CT molecular complexity index is 1300. The number of aryl methyl sites for hydroxylation is 1. The zero-order chi connectivity index (χ0) is 28.0. The number of hydrogen-bond donors (Lipinski definition) is 1. The van der Waals surface area contributed by atoms with Crippen LogP contribution in [0.1, 0.15) is 60.9 Å². The van der Waals surface area contributed by atoms with Crippen LogP contribution < -0.4 is 9.47 Å². The van der Waals surface area contributed by atoms with Gasteiger partial charge in [0.1, 0.15) is 23.6 Å². The first kappa shape index (κ1) is 28.2. The van der Waals surface area contributed by atoms with Gasteiger partial charge in [0.15, 0.2) is 0 Å². The Morgan fingerprint density at radius 3 is 2.41 bits per heavy atom. The molecule has 1 N–H and O–H groups in total. The summed E-state index contributed by atoms with van der Waals surface area (Å²) < 4.78 is 11.6. The number of aliphatic carboxylic acids is 1. The zero-order valence-corrected chi connectivity index (χ0v) is 23.4. The van der Waals surface area contributed by atoms with Gasteiger partial charge in [-0.1, -0.05) is 62.4 Å². The van der Waals surface area contributed by atoms with Crippen LogP contribution in [-0.4, -0.2) is 47.7 Å². The summed E-state index contributed by atoms with van der Waals surface area (Å²) in [5, 5.41) is 9.37. The molecule has 1 amide bonds. The molecule has 1 heterocycles. The normalized spacial score (nSPS) is 16.0. The van der Waals surface area contributed by atoms with Gasteiger partial charge in [-0.15, -0.1) is 0 Å². The van der Waals surface area contributed by atoms with Crippen molar-refractivity contribution in [3.8, 4) is 11.5 Å². The zero-order valence-electron chi connectivity index (χ0n) is 23.4. The number of carbonyl (C=O) groups excluding carboxylic acids is 1. The fraction of sp³-hybridized carbons (Fsp3) is 0.394. The summed E-state index contributed by atoms with van der Waals surface area (Å²) in [4.78, 5) is 25.9. The van der Waals surface area contributed by atoms with Crippen molar-refractivity contribution in [1.82, 2.24) is 4.90 Å². The molecule has 6 nitrogen and oxygen atoms in total. The number of fused-ring (bicyclic) bond motifs is 1. The summed E-state index contributed by atoms with van der Waals surface area (Å²) in [7, 11) is 1.61. The predicted molar refractivity (Wildman–Crippen MR) is 153 cm³/mol. The summed E-state index contributed by atoms with van der Waals surface area (Å²) in [5.41, 5.74) is 5.49. The van der Waals surface area contributed by atoms with Crippen molar-refractivity contribution in [3.05, 3.63) is 94.5 Å². The van der Waals surface area contributed by atoms with E-state index in [1.807, 2.05) is 36.4 Å². The van der Waals surface area contributed by atoms with Gasteiger partial charge < -0.3 is 19.5 Å². The Morgan fingerprint density at radius 1 is 1.00 bits per heavy atom. The number of methoxy groups -OCH3 is 1. The van der Waals surface area contributed by atoms with Crippen molar-refractivity contribution in [1.29, 1.82) is 0 Å². The van der Waals surface area contributed by atoms with Gasteiger partial charge in [0, 0.05) is 25.8 Å². The molecule has 1 aliphatic rings. The summed E-state index contributed by atoms with van der Waals surface area (Å²) >= 11 is 0. The summed E-state index contributed by atoms with van der Waals surface area (Å²) in [6.07, 6.45) is 3.00. The van der Waals surface area contributed by atoms with E-state index >= 15 is 0 Å². The van der Waals surface area contributed by atoms with Gasteiger partial charge in [0.2, 0.25) is 5.91 Å². The van der Waals surface area contributed by atoms with E-state index in [2.05, 4.69) is 51.1 Å². The van der Waals surface area contributed by atoms with E-state index in [1.165, 1.54) is 16.0 Å². The standard InChI is InChI=1S/C33H39NO5/c1-23(2)27-12-8-26(9-13-27)20-33(3)21-28-18-25(10-14-30(28)39-33)11-15-31(35)34(22-32(36)37)17-16-24-6-5-7-29(19-24)38-4/h5-10,12-14,18-19,23H,11,15-17,20-22H2,1-4H3,(H,36,37)/t33-/m0/s1. The molecule has 0 saturated heterocycles. The molecule has 3 aromatic carbocycles. The van der Waals surface area contributed by atoms with Crippen LogP contribution in [0.25, 0.3) is 0 Å². The highest BCUT2D eigenvalue weighted by Gasteiger charge is 2.35. The van der Waals surface area contributed by atoms with Crippen LogP contribution in [0.15, 0.2) is 66.7 Å². The average Bonchev–Trinajstić information content (AvgIpc) is 3.24. The largest absolute Gasteiger partial charge is 0.497 e. The van der Waals surface area contributed by atoms with Crippen LogP contribution in [0.5, 0.6) is 11.5 Å². The predicted octanol–water partition coefficient (Wildman–Crippen LogP) is 5.84. The van der Waals surface area contributed by atoms with Gasteiger partial charge in [-0.25, -0.2) is 0 Å². The van der Waals surface area contributed by atoms with E-state index in [0.29, 0.717) is 25.3 Å². The number of nitrogens with zero attached hydrogens (tertiary/aromatic N) is 1. The molecule has 0 aliphatic carbocycles. The highest BCUT2D eigenvalue weighted by atomic mass is 16.5. The van der Waals surface area contributed by atoms with Crippen LogP contribution in [0.4, 0.5) is 0 Å². The second-order valence-electron chi connectivity index (χ2n) is 11.1. The van der Waals surface area contributed by atoms with Crippen LogP contribution in [0, 0.1) is 0 Å². The van der Waals surface area contributed by atoms with E-state index in [-0.39, 0.29) is 24.5 Å². The second-order valence-corrected chi connectivity index (χ2v) is 11.1. The highest BCUT2D eigenvalue weighted by molar-refractivity contribution is 5.81. The average molecular weight is 530 g/mol. The first-order valence-electron chi connectivity index (χ1n) is 13.7. The third-order valence-corrected chi connectivity index (χ3v) is 7.38. The molecule has 0 unspecified atom stereocenters. The van der Waals surface area contributed by atoms with Crippen LogP contribution in [-0.2, 0) is 35.3 Å². The Labute approximate surface area is 231 Å². The molecule has 0 aromatic heterocycles. The fourth-order valence-electron chi connectivity index (χ4n) is 5.24. The first-order valence-corrected chi connectivity index (χ1v) is 13.7. The monoisotopic (exact) mass is 529 g/mol. The lowest BCUT2D eigenvalue weighted by Crippen LogP contribution is -2.37. The number of carboxylic acid groups (broad SMARTS) is 1. The van der Waals surface area contributed by atoms with E-state index in [9.17, 15) is 14.7 Å². The molecule has 1 aliphatic heterocycles. The number of rotatable bonds is 12. The minimum Gasteiger partial charge on any atom is -0.497 e. The van der Waals surface area contributed by atoms with E-state index < -0.39 is 5.97 Å². The van der Waals surface area contributed by atoms with E-state index in [0.717, 1.165) is 41.0 Å². The van der Waals surface area contributed by atoms with Gasteiger partial charge in [0.25, 0.3) is 0 Å². The van der Waals surface area contributed by atoms with Crippen LogP contribution in [0.2, 0.25) is 0 Å². The number of benzene rings is 3. The quantitative estimate of drug-likeness (QED) is 0.319. The van der Waals surface area contributed by atoms with Crippen molar-refractivity contribution in [3.63, 3.8) is 0 Å². The first-order chi connectivity index (χ1) is 18.6. The van der Waals surface area contributed by atoms with Gasteiger partial charge in [-0.2, -0.15) is 0 Å². The van der Waals surface area contributed by atoms with E-state index in [4.69, 9.17) is 9.47 Å². The van der Waals surface area contributed by atoms with Gasteiger partial charge >= 0.3 is 5.97 Å². The third-order valence-electron chi connectivity index (χ3n) is 7.38. The Morgan fingerprint density at radius 2 is 1.72 bits per heavy atom. The molecular weight excluding hydrogens is 490 g/mol. The van der Waals surface area contributed by atoms with E-state index in [1.54, 1.807) is 7.11 Å². The SMILES string of the molecule is COc1cccc(CCN(CC(=O)O)C(=O)CCc2ccc3c(c2)C[C@](C)(Cc2ccc(C(C)C)cc2)O3)c1. The Kier molecular flexibility index (Phi) is 8.95. The smallest absolute Gasteiger partial charge is 0.323 e. The minimum absolute atomic E-state index is 0.160. The molecule has 0 radical (unpaired) electrons. The lowest BCUT2D eigenvalue weighted by molar-refractivity contribution is -0.144. The Hall–Kier alpha value is -3.80. The molecule has 206 valence electrons. The molecule has 0 saturated carbocycles. The maximum absolute atomic E-state index is 13.0. The van der Waals surface area contributed by atoms with Crippen molar-refractivity contribution < 1.29 is 24.2 Å². The maximum Gasteiger partial charge on any atom is 0.323 e. The number of amides is 1. The molecule has 4 rings (SSSR count). The van der Waals surface area contributed by atoms with Crippen LogP contribution >= 0.6 is 0 Å². The maximum atomic E-state index is 13.0. The molecule has 0 bridgehead atoms. The topological polar surface area (TPSA) is 76.1 Å². The highest BCUT2D eigenvalue weighted by Crippen LogP contribution is 2.37. The molecule has 6 heteroatoms. The summed E-state index contributed by atoms with van der Waals surface area (Å²) in [6, 6.07) is 22.5. The van der Waals surface area contributed by atoms with Gasteiger partial charge in [0.05, 0.1) is 7.11 Å². The molecule has 1 atom stereocenters. The lowest BCUT2D eigenvalue weighted by atomic mass is 9.90. The van der Waals surface area contributed by atoms with Gasteiger partial charge in [-0.3, -0.25) is 9.59 Å². The second kappa shape index (κ2) is 12.4. The molecular formula is C33H39NO5. The number of ether oxygens (including phenoxy) is 2. The van der Waals surface area contributed by atoms with Crippen molar-refractivity contribution >= 4 is 11.9 Å². The van der Waals surface area contributed by atoms with Crippen molar-refractivity contribution in [2.45, 2.75) is 64.4 Å². The molecule has 0 spiro atoms. The molecule has 0 fully saturated rings. The molecule has 3 aromatic rings. The van der Waals surface area contributed by atoms with Crippen molar-refractivity contribution in [2.24, 2.45) is 0 Å². The number of carbonyl (C=O) groups is 2. The summed E-state index contributed by atoms with van der Waals surface area (Å²) in [5.74, 6) is 0.978. The lowest BCUT2D eigenvalue weighted by Gasteiger charge is -2.24. The Balaban J connectivity index is 1.34. The number of hydrogen-bond acceptors (Lipinski definition) is 4. The van der Waals surface area contributed by atoms with Gasteiger partial charge in [-0.05, 0) is 71.7 Å². The summed E-state index contributed by atoms with van der Waals surface area (Å²) in [6.45, 7) is 6.58. The van der Waals surface area contributed by atoms with Crippen molar-refractivity contribution in [2.75, 3.05) is 20.2 Å². The van der Waals surface area contributed by atoms with Crippen LogP contribution in [0.3, 0.4) is 0 Å². The third kappa shape index (κ3) is 7.62.